The first-order valence-corrected chi connectivity index (χ1v) is 3.27. The standard InChI is InChI=1S/C6H15NO5.2H2O.Pt/c1-8-5(7)6(9-2,10-3)12-11-4;;;/h5H,7H2,1-4H3;2*1H2;/q;;;+2/p-2. The molecular formula is C6H17NO7Pt. The van der Waals surface area contributed by atoms with Crippen LogP contribution in [0.15, 0.2) is 0 Å². The van der Waals surface area contributed by atoms with Crippen molar-refractivity contribution in [3.63, 3.8) is 0 Å². The maximum atomic E-state index is 5.48. The van der Waals surface area contributed by atoms with Crippen LogP contribution in [0.4, 0.5) is 0 Å². The Labute approximate surface area is 103 Å². The molecule has 0 aromatic rings. The number of hydrogen-bond donors (Lipinski definition) is 1. The van der Waals surface area contributed by atoms with Crippen LogP contribution < -0.4 is 5.73 Å². The van der Waals surface area contributed by atoms with Crippen LogP contribution in [-0.4, -0.2) is 51.6 Å². The monoisotopic (exact) mass is 410 g/mol. The van der Waals surface area contributed by atoms with Crippen LogP contribution in [0.25, 0.3) is 0 Å². The summed E-state index contributed by atoms with van der Waals surface area (Å²) in [6, 6.07) is 0. The summed E-state index contributed by atoms with van der Waals surface area (Å²) in [5.41, 5.74) is 5.48. The Balaban J connectivity index is -0.000000202. The second-order valence-electron chi connectivity index (χ2n) is 1.92. The van der Waals surface area contributed by atoms with E-state index in [4.69, 9.17) is 19.9 Å². The van der Waals surface area contributed by atoms with Gasteiger partial charge >= 0.3 is 27.0 Å². The predicted molar refractivity (Wildman–Crippen MR) is 43.7 cm³/mol. The summed E-state index contributed by atoms with van der Waals surface area (Å²) in [4.78, 5) is 9.09. The van der Waals surface area contributed by atoms with Crippen LogP contribution in [0.3, 0.4) is 0 Å². The Kier molecular flexibility index (Phi) is 20.4. The summed E-state index contributed by atoms with van der Waals surface area (Å²) in [6.45, 7) is 0. The average Bonchev–Trinajstić information content (AvgIpc) is 2.13. The van der Waals surface area contributed by atoms with Crippen molar-refractivity contribution in [2.75, 3.05) is 28.4 Å². The molecule has 0 aliphatic rings. The van der Waals surface area contributed by atoms with Crippen molar-refractivity contribution in [3.8, 4) is 0 Å². The molecule has 0 amide bonds. The van der Waals surface area contributed by atoms with E-state index in [1.54, 1.807) is 0 Å². The van der Waals surface area contributed by atoms with Crippen molar-refractivity contribution in [3.05, 3.63) is 0 Å². The molecule has 0 aliphatic carbocycles. The molecular weight excluding hydrogens is 393 g/mol. The molecule has 0 saturated carbocycles. The summed E-state index contributed by atoms with van der Waals surface area (Å²) < 4.78 is 14.5. The van der Waals surface area contributed by atoms with Crippen LogP contribution >= 0.6 is 0 Å². The van der Waals surface area contributed by atoms with Gasteiger partial charge in [0.25, 0.3) is 0 Å². The van der Waals surface area contributed by atoms with Crippen LogP contribution in [-0.2, 0) is 45.1 Å². The molecule has 0 spiro atoms. The fraction of sp³-hybridized carbons (Fsp3) is 1.00. The first-order valence-electron chi connectivity index (χ1n) is 3.27. The Morgan fingerprint density at radius 3 is 1.60 bits per heavy atom. The van der Waals surface area contributed by atoms with Crippen molar-refractivity contribution >= 4 is 0 Å². The Morgan fingerprint density at radius 1 is 1.00 bits per heavy atom. The summed E-state index contributed by atoms with van der Waals surface area (Å²) in [6.07, 6.45) is -0.896. The molecule has 0 radical (unpaired) electrons. The van der Waals surface area contributed by atoms with Crippen molar-refractivity contribution in [2.45, 2.75) is 12.2 Å². The van der Waals surface area contributed by atoms with Crippen molar-refractivity contribution in [2.24, 2.45) is 5.73 Å². The summed E-state index contributed by atoms with van der Waals surface area (Å²) >= 11 is 0. The van der Waals surface area contributed by atoms with Gasteiger partial charge in [-0.15, -0.1) is 0 Å². The van der Waals surface area contributed by atoms with Gasteiger partial charge in [-0.25, -0.2) is 4.89 Å². The molecule has 98 valence electrons. The maximum Gasteiger partial charge on any atom is 2.00 e. The van der Waals surface area contributed by atoms with E-state index in [2.05, 4.69) is 9.78 Å². The quantitative estimate of drug-likeness (QED) is 0.338. The summed E-state index contributed by atoms with van der Waals surface area (Å²) in [7, 11) is 5.44. The van der Waals surface area contributed by atoms with E-state index in [1.807, 2.05) is 0 Å². The van der Waals surface area contributed by atoms with Crippen LogP contribution in [0.1, 0.15) is 0 Å². The second kappa shape index (κ2) is 12.4. The van der Waals surface area contributed by atoms with E-state index in [9.17, 15) is 0 Å². The molecule has 0 aromatic heterocycles. The van der Waals surface area contributed by atoms with Gasteiger partial charge in [0.2, 0.25) is 0 Å². The number of methoxy groups -OCH3 is 3. The van der Waals surface area contributed by atoms with Gasteiger partial charge in [-0.05, 0) is 0 Å². The molecule has 1 atom stereocenters. The van der Waals surface area contributed by atoms with Gasteiger partial charge in [0.05, 0.1) is 7.11 Å². The van der Waals surface area contributed by atoms with Gasteiger partial charge in [0.1, 0.15) is 0 Å². The minimum atomic E-state index is -1.52. The number of nitrogens with two attached hydrogens (primary N) is 1. The SMILES string of the molecule is COOC(OC)(OC)C(N)OC.[OH-].[OH-].[Pt+2]. The molecule has 1 unspecified atom stereocenters. The number of ether oxygens (including phenoxy) is 3. The fourth-order valence-electron chi connectivity index (χ4n) is 0.692. The molecule has 0 aromatic carbocycles. The summed E-state index contributed by atoms with van der Waals surface area (Å²) in [5, 5.41) is 0. The molecule has 4 N–H and O–H groups in total. The smallest absolute Gasteiger partial charge is 0.870 e. The largest absolute Gasteiger partial charge is 2.00 e. The van der Waals surface area contributed by atoms with Crippen LogP contribution in [0.5, 0.6) is 0 Å². The van der Waals surface area contributed by atoms with E-state index in [-0.39, 0.29) is 32.0 Å². The third-order valence-corrected chi connectivity index (χ3v) is 1.37. The van der Waals surface area contributed by atoms with Crippen molar-refractivity contribution in [1.29, 1.82) is 0 Å². The average molecular weight is 410 g/mol. The molecule has 0 fully saturated rings. The van der Waals surface area contributed by atoms with Crippen LogP contribution in [0.2, 0.25) is 0 Å². The van der Waals surface area contributed by atoms with E-state index in [0.29, 0.717) is 0 Å². The zero-order valence-electron chi connectivity index (χ0n) is 8.91. The fourth-order valence-corrected chi connectivity index (χ4v) is 0.692. The molecule has 0 bridgehead atoms. The molecule has 0 rings (SSSR count). The topological polar surface area (TPSA) is 132 Å². The first kappa shape index (κ1) is 24.5. The van der Waals surface area contributed by atoms with E-state index >= 15 is 0 Å². The first-order chi connectivity index (χ1) is 5.66. The Morgan fingerprint density at radius 2 is 1.40 bits per heavy atom. The third-order valence-electron chi connectivity index (χ3n) is 1.37. The molecule has 9 heteroatoms. The summed E-state index contributed by atoms with van der Waals surface area (Å²) in [5.74, 6) is -1.52. The van der Waals surface area contributed by atoms with E-state index in [1.165, 1.54) is 28.4 Å². The number of hydrogen-bond acceptors (Lipinski definition) is 8. The van der Waals surface area contributed by atoms with E-state index < -0.39 is 12.2 Å². The normalized spacial score (nSPS) is 11.8. The molecule has 0 saturated heterocycles. The van der Waals surface area contributed by atoms with E-state index in [0.717, 1.165) is 0 Å². The van der Waals surface area contributed by atoms with Gasteiger partial charge in [-0.1, -0.05) is 0 Å². The minimum Gasteiger partial charge on any atom is -0.870 e. The number of rotatable bonds is 6. The molecule has 0 aliphatic heterocycles. The Hall–Kier alpha value is 0.368. The Bertz CT molecular complexity index is 124. The minimum absolute atomic E-state index is 0. The van der Waals surface area contributed by atoms with Gasteiger partial charge in [0.15, 0.2) is 6.23 Å². The van der Waals surface area contributed by atoms with Crippen molar-refractivity contribution in [1.82, 2.24) is 0 Å². The van der Waals surface area contributed by atoms with Gasteiger partial charge < -0.3 is 25.2 Å². The molecule has 15 heavy (non-hydrogen) atoms. The molecule has 0 heterocycles. The predicted octanol–water partition coefficient (Wildman–Crippen LogP) is -0.914. The second-order valence-corrected chi connectivity index (χ2v) is 1.92. The van der Waals surface area contributed by atoms with Gasteiger partial charge in [0, 0.05) is 21.3 Å². The van der Waals surface area contributed by atoms with Crippen LogP contribution in [0, 0.1) is 0 Å². The van der Waals surface area contributed by atoms with Gasteiger partial charge in [-0.3, -0.25) is 5.73 Å². The zero-order valence-corrected chi connectivity index (χ0v) is 11.2. The van der Waals surface area contributed by atoms with Gasteiger partial charge in [-0.2, -0.15) is 4.89 Å². The zero-order chi connectivity index (χ0) is 9.61. The molecule has 8 nitrogen and oxygen atoms in total. The van der Waals surface area contributed by atoms with Crippen molar-refractivity contribution < 1.29 is 56.0 Å². The maximum absolute atomic E-state index is 5.48. The third kappa shape index (κ3) is 6.51.